The molecule has 148 valence electrons. The maximum Gasteiger partial charge on any atom is 0.151 e. The predicted octanol–water partition coefficient (Wildman–Crippen LogP) is 5.27. The minimum atomic E-state index is -1.06. The third kappa shape index (κ3) is 3.19. The Morgan fingerprint density at radius 3 is 1.45 bits per heavy atom. The Bertz CT molecular complexity index is 1070. The minimum Gasteiger partial charge on any atom is -0.258 e. The van der Waals surface area contributed by atoms with E-state index in [4.69, 9.17) is 0 Å². The highest BCUT2D eigenvalue weighted by Gasteiger charge is 2.33. The van der Waals surface area contributed by atoms with Gasteiger partial charge >= 0.3 is 0 Å². The van der Waals surface area contributed by atoms with E-state index in [1.807, 2.05) is 0 Å². The normalized spacial score (nSPS) is 13.8. The lowest BCUT2D eigenvalue weighted by Crippen LogP contribution is -2.42. The highest BCUT2D eigenvalue weighted by Crippen LogP contribution is 2.37. The molecule has 3 aromatic carbocycles. The number of rotatable bonds is 3. The van der Waals surface area contributed by atoms with Crippen LogP contribution < -0.4 is 15.6 Å². The van der Waals surface area contributed by atoms with Crippen molar-refractivity contribution in [3.63, 3.8) is 0 Å². The molecular weight excluding hydrogens is 396 g/mol. The standard InChI is InChI=1S/C20H11F6N3/c21-11-4-1-5-12(22)18(11)17-10-28(19-13(23)6-2-7-14(19)24)27-29(17)20-15(25)8-3-9-16(20)26/h1-10,27H. The Hall–Kier alpha value is -3.46. The van der Waals surface area contributed by atoms with Crippen molar-refractivity contribution in [2.75, 3.05) is 10.0 Å². The van der Waals surface area contributed by atoms with Crippen molar-refractivity contribution in [2.45, 2.75) is 0 Å². The molecule has 0 saturated carbocycles. The fourth-order valence-corrected chi connectivity index (χ4v) is 3.00. The number of para-hydroxylation sites is 2. The van der Waals surface area contributed by atoms with Crippen molar-refractivity contribution in [1.29, 1.82) is 0 Å². The van der Waals surface area contributed by atoms with Crippen LogP contribution >= 0.6 is 0 Å². The number of benzene rings is 3. The van der Waals surface area contributed by atoms with Crippen LogP contribution in [-0.2, 0) is 0 Å². The molecule has 0 unspecified atom stereocenters. The average Bonchev–Trinajstić information content (AvgIpc) is 3.05. The van der Waals surface area contributed by atoms with E-state index in [-0.39, 0.29) is 0 Å². The van der Waals surface area contributed by atoms with Crippen molar-refractivity contribution in [3.05, 3.63) is 101 Å². The maximum absolute atomic E-state index is 14.4. The summed E-state index contributed by atoms with van der Waals surface area (Å²) in [6, 6.07) is 9.02. The van der Waals surface area contributed by atoms with Gasteiger partial charge in [0.1, 0.15) is 23.0 Å². The lowest BCUT2D eigenvalue weighted by molar-refractivity contribution is 0.553. The third-order valence-electron chi connectivity index (χ3n) is 4.26. The van der Waals surface area contributed by atoms with E-state index in [1.54, 1.807) is 0 Å². The van der Waals surface area contributed by atoms with E-state index < -0.39 is 57.5 Å². The van der Waals surface area contributed by atoms with Crippen LogP contribution in [0.3, 0.4) is 0 Å². The molecule has 0 bridgehead atoms. The molecule has 0 atom stereocenters. The second-order valence-corrected chi connectivity index (χ2v) is 6.06. The molecule has 1 aliphatic rings. The Morgan fingerprint density at radius 1 is 0.552 bits per heavy atom. The summed E-state index contributed by atoms with van der Waals surface area (Å²) >= 11 is 0. The van der Waals surface area contributed by atoms with Crippen LogP contribution in [-0.4, -0.2) is 0 Å². The third-order valence-corrected chi connectivity index (χ3v) is 4.26. The van der Waals surface area contributed by atoms with Crippen LogP contribution in [0, 0.1) is 34.9 Å². The van der Waals surface area contributed by atoms with Crippen molar-refractivity contribution in [3.8, 4) is 0 Å². The molecule has 1 N–H and O–H groups in total. The van der Waals surface area contributed by atoms with Crippen molar-refractivity contribution >= 4 is 17.1 Å². The van der Waals surface area contributed by atoms with Gasteiger partial charge in [-0.05, 0) is 36.4 Å². The zero-order chi connectivity index (χ0) is 20.7. The van der Waals surface area contributed by atoms with Crippen LogP contribution in [0.25, 0.3) is 5.70 Å². The molecule has 3 aromatic rings. The predicted molar refractivity (Wildman–Crippen MR) is 95.1 cm³/mol. The van der Waals surface area contributed by atoms with Crippen molar-refractivity contribution in [1.82, 2.24) is 5.53 Å². The van der Waals surface area contributed by atoms with E-state index in [0.717, 1.165) is 65.8 Å². The first-order valence-corrected chi connectivity index (χ1v) is 8.28. The van der Waals surface area contributed by atoms with Gasteiger partial charge < -0.3 is 0 Å². The fraction of sp³-hybridized carbons (Fsp3) is 0. The summed E-state index contributed by atoms with van der Waals surface area (Å²) in [5.41, 5.74) is 0.00562. The number of hydrazine groups is 2. The fourth-order valence-electron chi connectivity index (χ4n) is 3.00. The molecular formula is C20H11F6N3. The Balaban J connectivity index is 1.93. The molecule has 9 heteroatoms. The van der Waals surface area contributed by atoms with Gasteiger partial charge in [-0.15, -0.1) is 5.53 Å². The zero-order valence-corrected chi connectivity index (χ0v) is 14.4. The van der Waals surface area contributed by atoms with Gasteiger partial charge in [-0.25, -0.2) is 26.3 Å². The second kappa shape index (κ2) is 7.17. The number of nitrogens with zero attached hydrogens (tertiary/aromatic N) is 2. The Labute approximate surface area is 161 Å². The number of halogens is 6. The van der Waals surface area contributed by atoms with E-state index >= 15 is 0 Å². The number of anilines is 2. The summed E-state index contributed by atoms with van der Waals surface area (Å²) in [7, 11) is 0. The van der Waals surface area contributed by atoms with Crippen LogP contribution in [0.1, 0.15) is 5.56 Å². The molecule has 0 spiro atoms. The van der Waals surface area contributed by atoms with Gasteiger partial charge in [0.2, 0.25) is 0 Å². The van der Waals surface area contributed by atoms with Crippen molar-refractivity contribution < 1.29 is 26.3 Å². The summed E-state index contributed by atoms with van der Waals surface area (Å²) in [4.78, 5) is 0. The summed E-state index contributed by atoms with van der Waals surface area (Å²) in [5.74, 6) is -6.19. The van der Waals surface area contributed by atoms with Gasteiger partial charge in [0.25, 0.3) is 0 Å². The molecule has 4 rings (SSSR count). The molecule has 0 radical (unpaired) electrons. The first-order valence-electron chi connectivity index (χ1n) is 8.28. The summed E-state index contributed by atoms with van der Waals surface area (Å²) < 4.78 is 86.0. The Kier molecular flexibility index (Phi) is 4.67. The lowest BCUT2D eigenvalue weighted by atomic mass is 10.1. The van der Waals surface area contributed by atoms with Crippen LogP contribution in [0.5, 0.6) is 0 Å². The molecule has 3 nitrogen and oxygen atoms in total. The molecule has 0 fully saturated rings. The van der Waals surface area contributed by atoms with Crippen molar-refractivity contribution in [2.24, 2.45) is 0 Å². The summed E-state index contributed by atoms with van der Waals surface area (Å²) in [5, 5.41) is 1.43. The maximum atomic E-state index is 14.4. The van der Waals surface area contributed by atoms with E-state index in [0.29, 0.717) is 5.01 Å². The van der Waals surface area contributed by atoms with Gasteiger partial charge in [-0.2, -0.15) is 0 Å². The van der Waals surface area contributed by atoms with Crippen LogP contribution in [0.4, 0.5) is 37.7 Å². The summed E-state index contributed by atoms with van der Waals surface area (Å²) in [6.07, 6.45) is 0.939. The summed E-state index contributed by atoms with van der Waals surface area (Å²) in [6.45, 7) is 0. The highest BCUT2D eigenvalue weighted by atomic mass is 19.2. The smallest absolute Gasteiger partial charge is 0.151 e. The van der Waals surface area contributed by atoms with E-state index in [2.05, 4.69) is 5.53 Å². The molecule has 1 heterocycles. The zero-order valence-electron chi connectivity index (χ0n) is 14.4. The van der Waals surface area contributed by atoms with Gasteiger partial charge in [-0.3, -0.25) is 10.0 Å². The molecule has 1 aliphatic heterocycles. The molecule has 0 aromatic heterocycles. The van der Waals surface area contributed by atoms with Crippen LogP contribution in [0.2, 0.25) is 0 Å². The average molecular weight is 407 g/mol. The van der Waals surface area contributed by atoms with Crippen LogP contribution in [0.15, 0.2) is 60.8 Å². The largest absolute Gasteiger partial charge is 0.258 e. The topological polar surface area (TPSA) is 18.5 Å². The molecule has 0 aliphatic carbocycles. The minimum absolute atomic E-state index is 0.396. The van der Waals surface area contributed by atoms with Gasteiger partial charge in [0.15, 0.2) is 23.3 Å². The first kappa shape index (κ1) is 18.9. The number of hydrogen-bond acceptors (Lipinski definition) is 3. The van der Waals surface area contributed by atoms with E-state index in [9.17, 15) is 26.3 Å². The molecule has 0 amide bonds. The quantitative estimate of drug-likeness (QED) is 0.597. The van der Waals surface area contributed by atoms with Gasteiger partial charge in [-0.1, -0.05) is 18.2 Å². The Morgan fingerprint density at radius 2 is 0.966 bits per heavy atom. The molecule has 29 heavy (non-hydrogen) atoms. The lowest BCUT2D eigenvalue weighted by Gasteiger charge is -2.26. The molecule has 0 saturated heterocycles. The SMILES string of the molecule is Fc1cccc(F)c1C1=CN(c2c(F)cccc2F)NN1c1c(F)cccc1F. The van der Waals surface area contributed by atoms with Gasteiger partial charge in [0.05, 0.1) is 11.3 Å². The second-order valence-electron chi connectivity index (χ2n) is 6.06. The van der Waals surface area contributed by atoms with E-state index in [1.165, 1.54) is 0 Å². The number of nitrogens with one attached hydrogen (secondary N) is 1. The number of hydrogen-bond donors (Lipinski definition) is 1. The highest BCUT2D eigenvalue weighted by molar-refractivity contribution is 5.84. The van der Waals surface area contributed by atoms with Gasteiger partial charge in [0, 0.05) is 6.20 Å². The first-order chi connectivity index (χ1) is 13.9. The monoisotopic (exact) mass is 407 g/mol.